The lowest BCUT2D eigenvalue weighted by Crippen LogP contribution is -2.28. The van der Waals surface area contributed by atoms with Crippen LogP contribution in [0.15, 0.2) is 24.3 Å². The highest BCUT2D eigenvalue weighted by atomic mass is 35.5. The topological polar surface area (TPSA) is 57.8 Å². The number of carbonyl (C=O) groups excluding carboxylic acids is 1. The third-order valence-corrected chi connectivity index (χ3v) is 4.03. The van der Waals surface area contributed by atoms with Crippen LogP contribution in [0.25, 0.3) is 11.3 Å². The van der Waals surface area contributed by atoms with Crippen molar-refractivity contribution < 1.29 is 4.79 Å². The summed E-state index contributed by atoms with van der Waals surface area (Å²) in [6.45, 7) is 5.70. The lowest BCUT2D eigenvalue weighted by molar-refractivity contribution is -0.123. The number of amides is 1. The van der Waals surface area contributed by atoms with Gasteiger partial charge in [0.25, 0.3) is 0 Å². The van der Waals surface area contributed by atoms with Gasteiger partial charge in [0.2, 0.25) is 5.91 Å². The van der Waals surface area contributed by atoms with Crippen LogP contribution >= 0.6 is 11.6 Å². The highest BCUT2D eigenvalue weighted by Crippen LogP contribution is 2.45. The zero-order valence-electron chi connectivity index (χ0n) is 13.0. The zero-order chi connectivity index (χ0) is 15.9. The molecule has 2 aromatic rings. The quantitative estimate of drug-likeness (QED) is 0.869. The summed E-state index contributed by atoms with van der Waals surface area (Å²) in [6, 6.07) is 7.53. The maximum absolute atomic E-state index is 12.4. The molecule has 0 unspecified atom stereocenters. The molecule has 1 fully saturated rings. The maximum Gasteiger partial charge on any atom is 0.229 e. The van der Waals surface area contributed by atoms with E-state index in [1.165, 1.54) is 0 Å². The average Bonchev–Trinajstić information content (AvgIpc) is 3.19. The highest BCUT2D eigenvalue weighted by molar-refractivity contribution is 6.30. The van der Waals surface area contributed by atoms with Crippen molar-refractivity contribution in [2.24, 2.45) is 5.41 Å². The molecule has 1 saturated carbocycles. The van der Waals surface area contributed by atoms with Gasteiger partial charge in [0.1, 0.15) is 5.69 Å². The van der Waals surface area contributed by atoms with E-state index < -0.39 is 5.41 Å². The Kier molecular flexibility index (Phi) is 3.73. The van der Waals surface area contributed by atoms with Crippen LogP contribution in [0.1, 0.15) is 45.2 Å². The van der Waals surface area contributed by atoms with E-state index in [0.29, 0.717) is 10.9 Å². The second kappa shape index (κ2) is 5.43. The second-order valence-electron chi connectivity index (χ2n) is 6.85. The molecule has 1 heterocycles. The predicted octanol–water partition coefficient (Wildman–Crippen LogP) is 4.59. The molecule has 1 amide bonds. The number of halogens is 1. The van der Waals surface area contributed by atoms with Gasteiger partial charge in [-0.25, -0.2) is 0 Å². The first kappa shape index (κ1) is 15.1. The first-order valence-electron chi connectivity index (χ1n) is 7.52. The fourth-order valence-electron chi connectivity index (χ4n) is 2.30. The van der Waals surface area contributed by atoms with Gasteiger partial charge in [0.15, 0.2) is 0 Å². The van der Waals surface area contributed by atoms with Gasteiger partial charge in [-0.05, 0) is 25.0 Å². The maximum atomic E-state index is 12.4. The molecule has 116 valence electrons. The summed E-state index contributed by atoms with van der Waals surface area (Å²) in [4.78, 5) is 12.4. The van der Waals surface area contributed by atoms with Crippen LogP contribution in [0.5, 0.6) is 0 Å². The van der Waals surface area contributed by atoms with E-state index in [1.54, 1.807) is 0 Å². The van der Waals surface area contributed by atoms with Crippen LogP contribution in [-0.2, 0) is 4.79 Å². The van der Waals surface area contributed by atoms with Crippen molar-refractivity contribution in [2.75, 3.05) is 5.32 Å². The Bertz CT molecular complexity index is 711. The van der Waals surface area contributed by atoms with E-state index in [-0.39, 0.29) is 5.91 Å². The molecule has 1 aromatic carbocycles. The van der Waals surface area contributed by atoms with Crippen LogP contribution < -0.4 is 5.32 Å². The van der Waals surface area contributed by atoms with E-state index >= 15 is 0 Å². The Morgan fingerprint density at radius 3 is 2.68 bits per heavy atom. The highest BCUT2D eigenvalue weighted by Gasteiger charge is 2.32. The number of nitrogens with one attached hydrogen (secondary N) is 2. The SMILES string of the molecule is CC(C)(C)C(=O)Nc1c(-c2cccc(Cl)c2)n[nH]c1C1CC1. The van der Waals surface area contributed by atoms with Gasteiger partial charge >= 0.3 is 0 Å². The minimum Gasteiger partial charge on any atom is -0.322 e. The summed E-state index contributed by atoms with van der Waals surface area (Å²) in [5.41, 5.74) is 3.02. The summed E-state index contributed by atoms with van der Waals surface area (Å²) in [5.74, 6) is 0.454. The Morgan fingerprint density at radius 2 is 2.09 bits per heavy atom. The van der Waals surface area contributed by atoms with Crippen LogP contribution in [0.2, 0.25) is 5.02 Å². The molecule has 0 spiro atoms. The molecule has 0 saturated heterocycles. The number of rotatable bonds is 3. The van der Waals surface area contributed by atoms with Crippen LogP contribution in [-0.4, -0.2) is 16.1 Å². The minimum absolute atomic E-state index is 0.0147. The monoisotopic (exact) mass is 317 g/mol. The van der Waals surface area contributed by atoms with E-state index in [1.807, 2.05) is 45.0 Å². The summed E-state index contributed by atoms with van der Waals surface area (Å²) in [7, 11) is 0. The van der Waals surface area contributed by atoms with Crippen molar-refractivity contribution in [3.63, 3.8) is 0 Å². The number of carbonyl (C=O) groups is 1. The Labute approximate surface area is 135 Å². The van der Waals surface area contributed by atoms with Gasteiger partial charge in [0, 0.05) is 21.9 Å². The smallest absolute Gasteiger partial charge is 0.229 e. The van der Waals surface area contributed by atoms with E-state index in [4.69, 9.17) is 11.6 Å². The predicted molar refractivity (Wildman–Crippen MR) is 89.1 cm³/mol. The van der Waals surface area contributed by atoms with Crippen molar-refractivity contribution >= 4 is 23.2 Å². The van der Waals surface area contributed by atoms with Crippen LogP contribution in [0.3, 0.4) is 0 Å². The second-order valence-corrected chi connectivity index (χ2v) is 7.29. The molecule has 4 nitrogen and oxygen atoms in total. The lowest BCUT2D eigenvalue weighted by atomic mass is 9.95. The van der Waals surface area contributed by atoms with Crippen molar-refractivity contribution in [2.45, 2.75) is 39.5 Å². The van der Waals surface area contributed by atoms with Crippen LogP contribution in [0.4, 0.5) is 5.69 Å². The third kappa shape index (κ3) is 3.02. The summed E-state index contributed by atoms with van der Waals surface area (Å²) in [5, 5.41) is 11.2. The Morgan fingerprint density at radius 1 is 1.36 bits per heavy atom. The first-order chi connectivity index (χ1) is 10.4. The number of aromatic nitrogens is 2. The minimum atomic E-state index is -0.455. The molecule has 1 aromatic heterocycles. The molecular weight excluding hydrogens is 298 g/mol. The standard InChI is InChI=1S/C17H20ClN3O/c1-17(2,3)16(22)19-15-13(10-7-8-10)20-21-14(15)11-5-4-6-12(18)9-11/h4-6,9-10H,7-8H2,1-3H3,(H,19,22)(H,20,21). The zero-order valence-corrected chi connectivity index (χ0v) is 13.8. The molecule has 0 radical (unpaired) electrons. The molecule has 3 rings (SSSR count). The number of aromatic amines is 1. The van der Waals surface area contributed by atoms with Crippen molar-refractivity contribution in [3.8, 4) is 11.3 Å². The van der Waals surface area contributed by atoms with Gasteiger partial charge in [-0.1, -0.05) is 44.5 Å². The van der Waals surface area contributed by atoms with E-state index in [2.05, 4.69) is 15.5 Å². The molecule has 22 heavy (non-hydrogen) atoms. The largest absolute Gasteiger partial charge is 0.322 e. The summed E-state index contributed by atoms with van der Waals surface area (Å²) >= 11 is 6.08. The van der Waals surface area contributed by atoms with Gasteiger partial charge in [-0.3, -0.25) is 9.89 Å². The van der Waals surface area contributed by atoms with E-state index in [0.717, 1.165) is 35.5 Å². The number of hydrogen-bond donors (Lipinski definition) is 2. The summed E-state index contributed by atoms with van der Waals surface area (Å²) < 4.78 is 0. The van der Waals surface area contributed by atoms with E-state index in [9.17, 15) is 4.79 Å². The van der Waals surface area contributed by atoms with Gasteiger partial charge in [0.05, 0.1) is 11.4 Å². The molecule has 2 N–H and O–H groups in total. The number of anilines is 1. The Balaban J connectivity index is 2.02. The lowest BCUT2D eigenvalue weighted by Gasteiger charge is -2.18. The van der Waals surface area contributed by atoms with Gasteiger partial charge < -0.3 is 5.32 Å². The molecule has 1 aliphatic rings. The average molecular weight is 318 g/mol. The number of nitrogens with zero attached hydrogens (tertiary/aromatic N) is 1. The molecule has 5 heteroatoms. The van der Waals surface area contributed by atoms with Crippen LogP contribution in [0, 0.1) is 5.41 Å². The van der Waals surface area contributed by atoms with Crippen molar-refractivity contribution in [1.29, 1.82) is 0 Å². The molecule has 1 aliphatic carbocycles. The molecular formula is C17H20ClN3O. The molecule has 0 aliphatic heterocycles. The number of hydrogen-bond acceptors (Lipinski definition) is 2. The van der Waals surface area contributed by atoms with Gasteiger partial charge in [-0.15, -0.1) is 0 Å². The first-order valence-corrected chi connectivity index (χ1v) is 7.89. The fraction of sp³-hybridized carbons (Fsp3) is 0.412. The summed E-state index contributed by atoms with van der Waals surface area (Å²) in [6.07, 6.45) is 2.27. The third-order valence-electron chi connectivity index (χ3n) is 3.80. The van der Waals surface area contributed by atoms with Crippen molar-refractivity contribution in [1.82, 2.24) is 10.2 Å². The van der Waals surface area contributed by atoms with Crippen molar-refractivity contribution in [3.05, 3.63) is 35.0 Å². The number of H-pyrrole nitrogens is 1. The molecule has 0 atom stereocenters. The fourth-order valence-corrected chi connectivity index (χ4v) is 2.49. The van der Waals surface area contributed by atoms with Gasteiger partial charge in [-0.2, -0.15) is 5.10 Å². The number of benzene rings is 1. The normalized spacial score (nSPS) is 14.9. The molecule has 0 bridgehead atoms. The Hall–Kier alpha value is -1.81.